The second-order valence-corrected chi connectivity index (χ2v) is 5.70. The standard InChI is InChI=1S/C18H15ClN2O4/c19-14-8-11(9-15-17(14)25-7-6-24-15)4-5-16(22)21-13-3-1-2-12(10-13)18(20)23/h1-5,8-10H,6-7H2,(H2,20,23)(H,21,22). The van der Waals surface area contributed by atoms with Crippen LogP contribution in [0.25, 0.3) is 6.08 Å². The van der Waals surface area contributed by atoms with E-state index in [0.29, 0.717) is 46.5 Å². The molecule has 0 unspecified atom stereocenters. The predicted molar refractivity (Wildman–Crippen MR) is 95.1 cm³/mol. The first-order valence-electron chi connectivity index (χ1n) is 7.51. The van der Waals surface area contributed by atoms with Gasteiger partial charge in [0.2, 0.25) is 11.8 Å². The molecule has 0 radical (unpaired) electrons. The highest BCUT2D eigenvalue weighted by Gasteiger charge is 2.16. The van der Waals surface area contributed by atoms with Gasteiger partial charge < -0.3 is 20.5 Å². The third-order valence-electron chi connectivity index (χ3n) is 3.46. The van der Waals surface area contributed by atoms with Crippen LogP contribution in [0.15, 0.2) is 42.5 Å². The summed E-state index contributed by atoms with van der Waals surface area (Å²) in [6, 6.07) is 9.82. The lowest BCUT2D eigenvalue weighted by atomic mass is 10.1. The van der Waals surface area contributed by atoms with Gasteiger partial charge in [0.15, 0.2) is 11.5 Å². The lowest BCUT2D eigenvalue weighted by molar-refractivity contribution is -0.111. The molecule has 0 atom stereocenters. The van der Waals surface area contributed by atoms with Crippen molar-refractivity contribution >= 4 is 35.2 Å². The van der Waals surface area contributed by atoms with Crippen LogP contribution in [0.1, 0.15) is 15.9 Å². The van der Waals surface area contributed by atoms with Crippen LogP contribution >= 0.6 is 11.6 Å². The molecule has 2 aromatic carbocycles. The highest BCUT2D eigenvalue weighted by molar-refractivity contribution is 6.32. The van der Waals surface area contributed by atoms with Crippen molar-refractivity contribution in [2.45, 2.75) is 0 Å². The van der Waals surface area contributed by atoms with Crippen LogP contribution in [0.5, 0.6) is 11.5 Å². The lowest BCUT2D eigenvalue weighted by Crippen LogP contribution is -2.15. The van der Waals surface area contributed by atoms with Crippen LogP contribution in [0.4, 0.5) is 5.69 Å². The minimum atomic E-state index is -0.558. The Bertz CT molecular complexity index is 864. The summed E-state index contributed by atoms with van der Waals surface area (Å²) in [6.07, 6.45) is 2.97. The third kappa shape index (κ3) is 4.10. The largest absolute Gasteiger partial charge is 0.486 e. The normalized spacial score (nSPS) is 12.8. The zero-order chi connectivity index (χ0) is 17.8. The summed E-state index contributed by atoms with van der Waals surface area (Å²) >= 11 is 6.16. The number of hydrogen-bond donors (Lipinski definition) is 2. The molecule has 3 N–H and O–H groups in total. The lowest BCUT2D eigenvalue weighted by Gasteiger charge is -2.19. The van der Waals surface area contributed by atoms with Crippen molar-refractivity contribution in [3.05, 3.63) is 58.6 Å². The molecule has 6 nitrogen and oxygen atoms in total. The van der Waals surface area contributed by atoms with Gasteiger partial charge >= 0.3 is 0 Å². The van der Waals surface area contributed by atoms with E-state index < -0.39 is 5.91 Å². The van der Waals surface area contributed by atoms with E-state index >= 15 is 0 Å². The van der Waals surface area contributed by atoms with Crippen LogP contribution in [-0.2, 0) is 4.79 Å². The van der Waals surface area contributed by atoms with Gasteiger partial charge in [-0.15, -0.1) is 0 Å². The number of fused-ring (bicyclic) bond motifs is 1. The molecule has 0 spiro atoms. The first-order chi connectivity index (χ1) is 12.0. The van der Waals surface area contributed by atoms with E-state index in [4.69, 9.17) is 26.8 Å². The number of anilines is 1. The van der Waals surface area contributed by atoms with E-state index in [0.717, 1.165) is 0 Å². The fourth-order valence-corrected chi connectivity index (χ4v) is 2.61. The molecular formula is C18H15ClN2O4. The molecule has 2 aromatic rings. The van der Waals surface area contributed by atoms with Crippen molar-refractivity contribution in [1.82, 2.24) is 0 Å². The van der Waals surface area contributed by atoms with Gasteiger partial charge in [-0.25, -0.2) is 0 Å². The highest BCUT2D eigenvalue weighted by atomic mass is 35.5. The van der Waals surface area contributed by atoms with Crippen molar-refractivity contribution in [3.8, 4) is 11.5 Å². The van der Waals surface area contributed by atoms with Crippen molar-refractivity contribution in [1.29, 1.82) is 0 Å². The number of carbonyl (C=O) groups is 2. The van der Waals surface area contributed by atoms with E-state index in [9.17, 15) is 9.59 Å². The summed E-state index contributed by atoms with van der Waals surface area (Å²) in [6.45, 7) is 0.905. The Hall–Kier alpha value is -2.99. The average Bonchev–Trinajstić information content (AvgIpc) is 2.60. The van der Waals surface area contributed by atoms with Crippen molar-refractivity contribution < 1.29 is 19.1 Å². The number of primary amides is 1. The Kier molecular flexibility index (Phi) is 4.90. The van der Waals surface area contributed by atoms with Gasteiger partial charge in [-0.3, -0.25) is 9.59 Å². The van der Waals surface area contributed by atoms with Gasteiger partial charge in [-0.2, -0.15) is 0 Å². The number of carbonyl (C=O) groups excluding carboxylic acids is 2. The molecule has 0 saturated heterocycles. The SMILES string of the molecule is NC(=O)c1cccc(NC(=O)C=Cc2cc(Cl)c3c(c2)OCCO3)c1. The summed E-state index contributed by atoms with van der Waals surface area (Å²) < 4.78 is 10.9. The quantitative estimate of drug-likeness (QED) is 0.822. The summed E-state index contributed by atoms with van der Waals surface area (Å²) in [5.74, 6) is 0.149. The molecule has 2 amide bonds. The van der Waals surface area contributed by atoms with Gasteiger partial charge in [0.1, 0.15) is 13.2 Å². The Labute approximate surface area is 149 Å². The molecule has 1 aliphatic rings. The van der Waals surface area contributed by atoms with Crippen molar-refractivity contribution in [2.24, 2.45) is 5.73 Å². The van der Waals surface area contributed by atoms with Crippen LogP contribution in [0.2, 0.25) is 5.02 Å². The number of hydrogen-bond acceptors (Lipinski definition) is 4. The molecule has 0 saturated carbocycles. The molecule has 1 heterocycles. The zero-order valence-electron chi connectivity index (χ0n) is 13.1. The number of rotatable bonds is 4. The first-order valence-corrected chi connectivity index (χ1v) is 7.89. The molecule has 1 aliphatic heterocycles. The number of ether oxygens (including phenoxy) is 2. The average molecular weight is 359 g/mol. The second-order valence-electron chi connectivity index (χ2n) is 5.29. The van der Waals surface area contributed by atoms with Gasteiger partial charge in [-0.05, 0) is 42.0 Å². The van der Waals surface area contributed by atoms with Crippen LogP contribution in [-0.4, -0.2) is 25.0 Å². The number of nitrogens with two attached hydrogens (primary N) is 1. The molecule has 0 aromatic heterocycles. The Balaban J connectivity index is 1.71. The molecule has 25 heavy (non-hydrogen) atoms. The molecule has 3 rings (SSSR count). The maximum atomic E-state index is 12.0. The van der Waals surface area contributed by atoms with Gasteiger partial charge in [0.05, 0.1) is 5.02 Å². The fourth-order valence-electron chi connectivity index (χ4n) is 2.33. The summed E-state index contributed by atoms with van der Waals surface area (Å²) in [5, 5.41) is 3.08. The Morgan fingerprint density at radius 1 is 1.16 bits per heavy atom. The maximum Gasteiger partial charge on any atom is 0.248 e. The van der Waals surface area contributed by atoms with E-state index in [1.807, 2.05) is 0 Å². The minimum Gasteiger partial charge on any atom is -0.486 e. The monoisotopic (exact) mass is 358 g/mol. The van der Waals surface area contributed by atoms with Crippen LogP contribution < -0.4 is 20.5 Å². The van der Waals surface area contributed by atoms with E-state index in [1.54, 1.807) is 36.4 Å². The third-order valence-corrected chi connectivity index (χ3v) is 3.74. The number of halogens is 1. The van der Waals surface area contributed by atoms with Crippen molar-refractivity contribution in [3.63, 3.8) is 0 Å². The fraction of sp³-hybridized carbons (Fsp3) is 0.111. The van der Waals surface area contributed by atoms with Gasteiger partial charge in [0.25, 0.3) is 0 Å². The van der Waals surface area contributed by atoms with Gasteiger partial charge in [-0.1, -0.05) is 17.7 Å². The van der Waals surface area contributed by atoms with Gasteiger partial charge in [0, 0.05) is 17.3 Å². The molecule has 0 bridgehead atoms. The van der Waals surface area contributed by atoms with E-state index in [-0.39, 0.29) is 5.91 Å². The molecular weight excluding hydrogens is 344 g/mol. The second kappa shape index (κ2) is 7.27. The summed E-state index contributed by atoms with van der Waals surface area (Å²) in [4.78, 5) is 23.2. The Morgan fingerprint density at radius 3 is 2.76 bits per heavy atom. The predicted octanol–water partition coefficient (Wildman–Crippen LogP) is 2.86. The summed E-state index contributed by atoms with van der Waals surface area (Å²) in [7, 11) is 0. The van der Waals surface area contributed by atoms with Crippen LogP contribution in [0.3, 0.4) is 0 Å². The number of nitrogens with one attached hydrogen (secondary N) is 1. The topological polar surface area (TPSA) is 90.7 Å². The molecule has 7 heteroatoms. The number of amides is 2. The molecule has 0 aliphatic carbocycles. The van der Waals surface area contributed by atoms with E-state index in [2.05, 4.69) is 5.32 Å². The summed E-state index contributed by atoms with van der Waals surface area (Å²) in [5.41, 5.74) is 6.72. The smallest absolute Gasteiger partial charge is 0.248 e. The Morgan fingerprint density at radius 2 is 1.96 bits per heavy atom. The van der Waals surface area contributed by atoms with Crippen molar-refractivity contribution in [2.75, 3.05) is 18.5 Å². The van der Waals surface area contributed by atoms with E-state index in [1.165, 1.54) is 12.1 Å². The number of benzene rings is 2. The molecule has 0 fully saturated rings. The maximum absolute atomic E-state index is 12.0. The molecule has 128 valence electrons. The highest BCUT2D eigenvalue weighted by Crippen LogP contribution is 2.38. The minimum absolute atomic E-state index is 0.320. The first kappa shape index (κ1) is 16.9. The van der Waals surface area contributed by atoms with Crippen LogP contribution in [0, 0.1) is 0 Å². The zero-order valence-corrected chi connectivity index (χ0v) is 13.9.